The van der Waals surface area contributed by atoms with Crippen molar-refractivity contribution < 1.29 is 0 Å². The molecule has 1 aromatic carbocycles. The second-order valence-corrected chi connectivity index (χ2v) is 5.72. The van der Waals surface area contributed by atoms with E-state index < -0.39 is 0 Å². The van der Waals surface area contributed by atoms with Crippen LogP contribution < -0.4 is 5.32 Å². The van der Waals surface area contributed by atoms with Gasteiger partial charge in [-0.15, -0.1) is 11.8 Å². The third-order valence-electron chi connectivity index (χ3n) is 2.83. The first kappa shape index (κ1) is 14.9. The Morgan fingerprint density at radius 2 is 2.17 bits per heavy atom. The molecule has 0 radical (unpaired) electrons. The minimum atomic E-state index is 0.416. The Morgan fingerprint density at radius 3 is 2.78 bits per heavy atom. The van der Waals surface area contributed by atoms with Crippen LogP contribution in [-0.2, 0) is 0 Å². The fourth-order valence-electron chi connectivity index (χ4n) is 1.89. The predicted octanol–water partition coefficient (Wildman–Crippen LogP) is 4.66. The van der Waals surface area contributed by atoms with E-state index in [1.165, 1.54) is 12.8 Å². The number of nitriles is 1. The van der Waals surface area contributed by atoms with Crippen LogP contribution in [0.3, 0.4) is 0 Å². The topological polar surface area (TPSA) is 35.8 Å². The van der Waals surface area contributed by atoms with E-state index in [0.29, 0.717) is 6.04 Å². The van der Waals surface area contributed by atoms with Gasteiger partial charge in [0.15, 0.2) is 0 Å². The number of nitrogens with one attached hydrogen (secondary N) is 1. The standard InChI is InChI=1S/C15H22N2S/c1-4-6-8-12(3)17-14-9-7-10-15(18-5-2)13(14)11-16/h7,9-10,12,17H,4-6,8H2,1-3H3. The number of unbranched alkanes of at least 4 members (excludes halogenated alkanes) is 1. The quantitative estimate of drug-likeness (QED) is 0.726. The van der Waals surface area contributed by atoms with Gasteiger partial charge in [-0.3, -0.25) is 0 Å². The summed E-state index contributed by atoms with van der Waals surface area (Å²) >= 11 is 1.72. The number of hydrogen-bond donors (Lipinski definition) is 1. The van der Waals surface area contributed by atoms with Gasteiger partial charge in [-0.2, -0.15) is 5.26 Å². The summed E-state index contributed by atoms with van der Waals surface area (Å²) in [5, 5.41) is 12.8. The molecule has 0 aliphatic carbocycles. The van der Waals surface area contributed by atoms with E-state index in [0.717, 1.165) is 28.3 Å². The smallest absolute Gasteiger partial charge is 0.102 e. The first-order valence-corrected chi connectivity index (χ1v) is 7.63. The molecule has 0 amide bonds. The van der Waals surface area contributed by atoms with Gasteiger partial charge in [0.05, 0.1) is 11.3 Å². The van der Waals surface area contributed by atoms with Crippen molar-refractivity contribution in [2.75, 3.05) is 11.1 Å². The number of anilines is 1. The summed E-state index contributed by atoms with van der Waals surface area (Å²) in [6.07, 6.45) is 3.58. The van der Waals surface area contributed by atoms with E-state index in [1.54, 1.807) is 11.8 Å². The molecule has 0 spiro atoms. The minimum Gasteiger partial charge on any atom is -0.381 e. The largest absolute Gasteiger partial charge is 0.381 e. The van der Waals surface area contributed by atoms with Crippen molar-refractivity contribution in [3.8, 4) is 6.07 Å². The first-order valence-electron chi connectivity index (χ1n) is 6.65. The van der Waals surface area contributed by atoms with Gasteiger partial charge < -0.3 is 5.32 Å². The molecule has 0 fully saturated rings. The van der Waals surface area contributed by atoms with Crippen LogP contribution in [-0.4, -0.2) is 11.8 Å². The molecule has 2 nitrogen and oxygen atoms in total. The van der Waals surface area contributed by atoms with E-state index >= 15 is 0 Å². The highest BCUT2D eigenvalue weighted by Crippen LogP contribution is 2.28. The van der Waals surface area contributed by atoms with Crippen molar-refractivity contribution in [3.05, 3.63) is 23.8 Å². The van der Waals surface area contributed by atoms with Crippen LogP contribution in [0.25, 0.3) is 0 Å². The molecule has 0 aliphatic heterocycles. The average Bonchev–Trinajstić information content (AvgIpc) is 2.37. The fourth-order valence-corrected chi connectivity index (χ4v) is 2.68. The van der Waals surface area contributed by atoms with Gasteiger partial charge in [-0.05, 0) is 31.2 Å². The summed E-state index contributed by atoms with van der Waals surface area (Å²) in [6, 6.07) is 8.79. The van der Waals surface area contributed by atoms with Gasteiger partial charge in [0.2, 0.25) is 0 Å². The summed E-state index contributed by atoms with van der Waals surface area (Å²) in [6.45, 7) is 6.48. The Hall–Kier alpha value is -1.14. The summed E-state index contributed by atoms with van der Waals surface area (Å²) < 4.78 is 0. The van der Waals surface area contributed by atoms with Gasteiger partial charge in [0.25, 0.3) is 0 Å². The lowest BCUT2D eigenvalue weighted by molar-refractivity contribution is 0.645. The van der Waals surface area contributed by atoms with Crippen LogP contribution >= 0.6 is 11.8 Å². The molecule has 1 atom stereocenters. The van der Waals surface area contributed by atoms with Crippen molar-refractivity contribution in [2.45, 2.75) is 51.0 Å². The minimum absolute atomic E-state index is 0.416. The molecule has 0 saturated heterocycles. The highest BCUT2D eigenvalue weighted by Gasteiger charge is 2.10. The third kappa shape index (κ3) is 4.27. The van der Waals surface area contributed by atoms with Gasteiger partial charge in [-0.25, -0.2) is 0 Å². The maximum atomic E-state index is 9.31. The van der Waals surface area contributed by atoms with E-state index in [-0.39, 0.29) is 0 Å². The van der Waals surface area contributed by atoms with Gasteiger partial charge in [-0.1, -0.05) is 32.8 Å². The highest BCUT2D eigenvalue weighted by atomic mass is 32.2. The molecule has 1 aromatic rings. The first-order chi connectivity index (χ1) is 8.72. The molecule has 18 heavy (non-hydrogen) atoms. The van der Waals surface area contributed by atoms with E-state index in [2.05, 4.69) is 32.2 Å². The number of rotatable bonds is 7. The predicted molar refractivity (Wildman–Crippen MR) is 80.2 cm³/mol. The van der Waals surface area contributed by atoms with Crippen molar-refractivity contribution in [1.82, 2.24) is 0 Å². The van der Waals surface area contributed by atoms with Crippen LogP contribution in [0.4, 0.5) is 5.69 Å². The molecule has 0 aliphatic rings. The van der Waals surface area contributed by atoms with Crippen molar-refractivity contribution >= 4 is 17.4 Å². The molecular formula is C15H22N2S. The Labute approximate surface area is 115 Å². The van der Waals surface area contributed by atoms with Crippen LogP contribution in [0.1, 0.15) is 45.6 Å². The van der Waals surface area contributed by atoms with E-state index in [9.17, 15) is 5.26 Å². The monoisotopic (exact) mass is 262 g/mol. The second kappa shape index (κ2) is 8.05. The van der Waals surface area contributed by atoms with Crippen LogP contribution in [0, 0.1) is 11.3 Å². The molecule has 0 heterocycles. The van der Waals surface area contributed by atoms with Gasteiger partial charge in [0.1, 0.15) is 6.07 Å². The van der Waals surface area contributed by atoms with E-state index in [4.69, 9.17) is 0 Å². The molecule has 0 aromatic heterocycles. The Balaban J connectivity index is 2.82. The zero-order valence-corrected chi connectivity index (χ0v) is 12.3. The van der Waals surface area contributed by atoms with Gasteiger partial charge >= 0.3 is 0 Å². The van der Waals surface area contributed by atoms with Crippen molar-refractivity contribution in [1.29, 1.82) is 5.26 Å². The zero-order chi connectivity index (χ0) is 13.4. The normalized spacial score (nSPS) is 11.9. The number of hydrogen-bond acceptors (Lipinski definition) is 3. The molecule has 3 heteroatoms. The number of benzene rings is 1. The lowest BCUT2D eigenvalue weighted by Crippen LogP contribution is -2.15. The maximum Gasteiger partial charge on any atom is 0.102 e. The third-order valence-corrected chi connectivity index (χ3v) is 3.77. The molecule has 1 rings (SSSR count). The summed E-state index contributed by atoms with van der Waals surface area (Å²) in [7, 11) is 0. The average molecular weight is 262 g/mol. The summed E-state index contributed by atoms with van der Waals surface area (Å²) in [5.41, 5.74) is 1.76. The lowest BCUT2D eigenvalue weighted by atomic mass is 10.1. The summed E-state index contributed by atoms with van der Waals surface area (Å²) in [4.78, 5) is 1.08. The van der Waals surface area contributed by atoms with Crippen LogP contribution in [0.5, 0.6) is 0 Å². The molecule has 98 valence electrons. The number of thioether (sulfide) groups is 1. The summed E-state index contributed by atoms with van der Waals surface area (Å²) in [5.74, 6) is 0.990. The number of nitrogens with zero attached hydrogens (tertiary/aromatic N) is 1. The maximum absolute atomic E-state index is 9.31. The van der Waals surface area contributed by atoms with Crippen LogP contribution in [0.15, 0.2) is 23.1 Å². The zero-order valence-electron chi connectivity index (χ0n) is 11.5. The lowest BCUT2D eigenvalue weighted by Gasteiger charge is -2.17. The Kier molecular flexibility index (Phi) is 6.67. The molecular weight excluding hydrogens is 240 g/mol. The fraction of sp³-hybridized carbons (Fsp3) is 0.533. The van der Waals surface area contributed by atoms with Crippen LogP contribution in [0.2, 0.25) is 0 Å². The molecule has 1 N–H and O–H groups in total. The van der Waals surface area contributed by atoms with E-state index in [1.807, 2.05) is 18.2 Å². The second-order valence-electron chi connectivity index (χ2n) is 4.41. The molecule has 0 bridgehead atoms. The Bertz CT molecular complexity index is 409. The Morgan fingerprint density at radius 1 is 1.39 bits per heavy atom. The molecule has 1 unspecified atom stereocenters. The van der Waals surface area contributed by atoms with Crippen molar-refractivity contribution in [3.63, 3.8) is 0 Å². The molecule has 0 saturated carbocycles. The highest BCUT2D eigenvalue weighted by molar-refractivity contribution is 7.99. The van der Waals surface area contributed by atoms with Gasteiger partial charge in [0, 0.05) is 10.9 Å². The SMILES string of the molecule is CCCCC(C)Nc1cccc(SCC)c1C#N. The van der Waals surface area contributed by atoms with Crippen molar-refractivity contribution in [2.24, 2.45) is 0 Å².